The van der Waals surface area contributed by atoms with Crippen LogP contribution in [0.4, 0.5) is 11.9 Å². The van der Waals surface area contributed by atoms with Crippen molar-refractivity contribution in [3.05, 3.63) is 0 Å². The molecule has 7 nitrogen and oxygen atoms in total. The molecule has 1 aromatic heterocycles. The molecule has 0 amide bonds. The van der Waals surface area contributed by atoms with E-state index >= 15 is 0 Å². The highest BCUT2D eigenvalue weighted by molar-refractivity contribution is 7.91. The molecule has 2 heterocycles. The van der Waals surface area contributed by atoms with Crippen LogP contribution in [0.15, 0.2) is 0 Å². The highest BCUT2D eigenvalue weighted by atomic mass is 32.2. The normalized spacial score (nSPS) is 27.2. The zero-order chi connectivity index (χ0) is 12.0. The molecule has 0 spiro atoms. The molecular formula is C9H15N5O2S. The van der Waals surface area contributed by atoms with Crippen LogP contribution in [0.3, 0.4) is 0 Å². The van der Waals surface area contributed by atoms with Crippen LogP contribution in [0.1, 0.15) is 25.3 Å². The van der Waals surface area contributed by atoms with Crippen LogP contribution in [0.2, 0.25) is 0 Å². The van der Waals surface area contributed by atoms with E-state index in [0.717, 1.165) is 12.8 Å². The lowest BCUT2D eigenvalue weighted by molar-refractivity contribution is 0.507. The van der Waals surface area contributed by atoms with Crippen LogP contribution in [0, 0.1) is 0 Å². The molecule has 1 atom stereocenters. The largest absolute Gasteiger partial charge is 0.368 e. The predicted molar refractivity (Wildman–Crippen MR) is 63.4 cm³/mol. The molecule has 8 heteroatoms. The summed E-state index contributed by atoms with van der Waals surface area (Å²) in [5, 5.41) is 7.39. The molecule has 1 unspecified atom stereocenters. The molecule has 17 heavy (non-hydrogen) atoms. The van der Waals surface area contributed by atoms with Crippen molar-refractivity contribution in [3.8, 4) is 0 Å². The average Bonchev–Trinajstić information content (AvgIpc) is 2.87. The lowest BCUT2D eigenvalue weighted by atomic mass is 10.3. The Kier molecular flexibility index (Phi) is 2.29. The van der Waals surface area contributed by atoms with Crippen molar-refractivity contribution in [1.82, 2.24) is 14.8 Å². The first-order valence-corrected chi connectivity index (χ1v) is 7.55. The van der Waals surface area contributed by atoms with Crippen molar-refractivity contribution in [2.24, 2.45) is 0 Å². The fourth-order valence-corrected chi connectivity index (χ4v) is 3.74. The van der Waals surface area contributed by atoms with Gasteiger partial charge in [0.05, 0.1) is 17.5 Å². The third kappa shape index (κ3) is 2.21. The van der Waals surface area contributed by atoms with E-state index in [1.165, 1.54) is 4.68 Å². The van der Waals surface area contributed by atoms with Crippen molar-refractivity contribution in [2.45, 2.75) is 31.3 Å². The summed E-state index contributed by atoms with van der Waals surface area (Å²) in [7, 11) is -2.93. The summed E-state index contributed by atoms with van der Waals surface area (Å²) in [5.74, 6) is 1.12. The minimum atomic E-state index is -2.93. The second-order valence-electron chi connectivity index (χ2n) is 4.71. The van der Waals surface area contributed by atoms with Crippen molar-refractivity contribution in [3.63, 3.8) is 0 Å². The van der Waals surface area contributed by atoms with Gasteiger partial charge in [0.1, 0.15) is 0 Å². The number of sulfone groups is 1. The van der Waals surface area contributed by atoms with Gasteiger partial charge < -0.3 is 11.1 Å². The Hall–Kier alpha value is -1.31. The lowest BCUT2D eigenvalue weighted by Crippen LogP contribution is -2.15. The van der Waals surface area contributed by atoms with E-state index in [4.69, 9.17) is 5.73 Å². The Labute approximate surface area is 99.3 Å². The van der Waals surface area contributed by atoms with Gasteiger partial charge in [-0.05, 0) is 19.3 Å². The lowest BCUT2D eigenvalue weighted by Gasteiger charge is -2.08. The molecule has 94 valence electrons. The highest BCUT2D eigenvalue weighted by Crippen LogP contribution is 2.27. The van der Waals surface area contributed by atoms with Gasteiger partial charge in [0.25, 0.3) is 0 Å². The minimum Gasteiger partial charge on any atom is -0.368 e. The number of rotatable bonds is 3. The fourth-order valence-electron chi connectivity index (χ4n) is 2.04. The van der Waals surface area contributed by atoms with Crippen molar-refractivity contribution < 1.29 is 8.42 Å². The summed E-state index contributed by atoms with van der Waals surface area (Å²) in [6, 6.07) is 0.291. The molecule has 1 saturated carbocycles. The number of anilines is 2. The molecule has 0 radical (unpaired) electrons. The van der Waals surface area contributed by atoms with Gasteiger partial charge in [0.15, 0.2) is 9.84 Å². The van der Waals surface area contributed by atoms with Crippen LogP contribution >= 0.6 is 0 Å². The second-order valence-corrected chi connectivity index (χ2v) is 6.94. The van der Waals surface area contributed by atoms with E-state index in [2.05, 4.69) is 15.4 Å². The smallest absolute Gasteiger partial charge is 0.244 e. The van der Waals surface area contributed by atoms with Gasteiger partial charge >= 0.3 is 0 Å². The number of nitrogens with zero attached hydrogens (tertiary/aromatic N) is 3. The average molecular weight is 257 g/mol. The Morgan fingerprint density at radius 3 is 2.71 bits per heavy atom. The zero-order valence-electron chi connectivity index (χ0n) is 9.33. The van der Waals surface area contributed by atoms with Crippen molar-refractivity contribution >= 4 is 21.7 Å². The van der Waals surface area contributed by atoms with E-state index in [1.807, 2.05) is 0 Å². The minimum absolute atomic E-state index is 0.115. The molecule has 3 rings (SSSR count). The van der Waals surface area contributed by atoms with E-state index in [9.17, 15) is 8.42 Å². The molecule has 1 aliphatic carbocycles. The molecule has 1 saturated heterocycles. The van der Waals surface area contributed by atoms with Crippen LogP contribution in [-0.4, -0.2) is 40.7 Å². The number of hydrogen-bond donors (Lipinski definition) is 2. The molecule has 1 aromatic rings. The maximum atomic E-state index is 11.4. The summed E-state index contributed by atoms with van der Waals surface area (Å²) in [5.41, 5.74) is 5.76. The van der Waals surface area contributed by atoms with E-state index < -0.39 is 9.84 Å². The molecule has 2 fully saturated rings. The van der Waals surface area contributed by atoms with Gasteiger partial charge in [0, 0.05) is 6.04 Å². The molecule has 0 aromatic carbocycles. The molecule has 3 N–H and O–H groups in total. The Balaban J connectivity index is 1.80. The third-order valence-electron chi connectivity index (χ3n) is 3.12. The van der Waals surface area contributed by atoms with Gasteiger partial charge in [-0.25, -0.2) is 13.1 Å². The van der Waals surface area contributed by atoms with E-state index in [0.29, 0.717) is 18.4 Å². The van der Waals surface area contributed by atoms with Crippen molar-refractivity contribution in [1.29, 1.82) is 0 Å². The Morgan fingerprint density at radius 1 is 1.35 bits per heavy atom. The molecule has 0 bridgehead atoms. The van der Waals surface area contributed by atoms with Crippen LogP contribution in [-0.2, 0) is 9.84 Å². The molecule has 1 aliphatic heterocycles. The van der Waals surface area contributed by atoms with Crippen molar-refractivity contribution in [2.75, 3.05) is 22.6 Å². The number of nitrogens with one attached hydrogen (secondary N) is 1. The summed E-state index contributed by atoms with van der Waals surface area (Å²) in [4.78, 5) is 4.11. The standard InChI is InChI=1S/C9H15N5O2S/c10-8-12-9(11-6-1-2-6)13-14(8)7-3-4-17(15,16)5-7/h6-7H,1-5H2,(H3,10,11,12,13). The Morgan fingerprint density at radius 2 is 2.12 bits per heavy atom. The predicted octanol–water partition coefficient (Wildman–Crippen LogP) is -0.206. The number of hydrogen-bond acceptors (Lipinski definition) is 6. The van der Waals surface area contributed by atoms with Crippen LogP contribution in [0.5, 0.6) is 0 Å². The van der Waals surface area contributed by atoms with Gasteiger partial charge in [-0.3, -0.25) is 0 Å². The quantitative estimate of drug-likeness (QED) is 0.777. The third-order valence-corrected chi connectivity index (χ3v) is 4.87. The summed E-state index contributed by atoms with van der Waals surface area (Å²) in [6.45, 7) is 0. The zero-order valence-corrected chi connectivity index (χ0v) is 10.2. The summed E-state index contributed by atoms with van der Waals surface area (Å²) >= 11 is 0. The highest BCUT2D eigenvalue weighted by Gasteiger charge is 2.32. The Bertz CT molecular complexity index is 534. The van der Waals surface area contributed by atoms with Gasteiger partial charge in [-0.15, -0.1) is 5.10 Å². The monoisotopic (exact) mass is 257 g/mol. The van der Waals surface area contributed by atoms with E-state index in [1.54, 1.807) is 0 Å². The summed E-state index contributed by atoms with van der Waals surface area (Å²) < 4.78 is 24.3. The first-order valence-electron chi connectivity index (χ1n) is 5.72. The topological polar surface area (TPSA) is 103 Å². The van der Waals surface area contributed by atoms with Crippen LogP contribution in [0.25, 0.3) is 0 Å². The molecule has 2 aliphatic rings. The first-order chi connectivity index (χ1) is 8.03. The number of nitrogen functional groups attached to an aromatic ring is 1. The SMILES string of the molecule is Nc1nc(NC2CC2)nn1C1CCS(=O)(=O)C1. The van der Waals surface area contributed by atoms with Gasteiger partial charge in [-0.1, -0.05) is 0 Å². The van der Waals surface area contributed by atoms with E-state index in [-0.39, 0.29) is 23.5 Å². The first kappa shape index (κ1) is 10.8. The maximum Gasteiger partial charge on any atom is 0.244 e. The number of aromatic nitrogens is 3. The van der Waals surface area contributed by atoms with Gasteiger partial charge in [-0.2, -0.15) is 4.98 Å². The summed E-state index contributed by atoms with van der Waals surface area (Å²) in [6.07, 6.45) is 2.83. The van der Waals surface area contributed by atoms with Gasteiger partial charge in [0.2, 0.25) is 11.9 Å². The maximum absolute atomic E-state index is 11.4. The number of nitrogens with two attached hydrogens (primary N) is 1. The van der Waals surface area contributed by atoms with Crippen LogP contribution < -0.4 is 11.1 Å². The molecular weight excluding hydrogens is 242 g/mol. The fraction of sp³-hybridized carbons (Fsp3) is 0.778. The second kappa shape index (κ2) is 3.59.